The lowest BCUT2D eigenvalue weighted by Gasteiger charge is -2.06. The van der Waals surface area contributed by atoms with Crippen LogP contribution in [-0.2, 0) is 15.8 Å². The Kier molecular flexibility index (Phi) is 5.59. The molecule has 0 atom stereocenters. The molecule has 13 heteroatoms. The Hall–Kier alpha value is -1.55. The van der Waals surface area contributed by atoms with Crippen LogP contribution in [0, 0.1) is 11.6 Å². The van der Waals surface area contributed by atoms with Gasteiger partial charge in [0.15, 0.2) is 23.4 Å². The van der Waals surface area contributed by atoms with Crippen LogP contribution in [0.25, 0.3) is 0 Å². The number of nitrogens with zero attached hydrogens (tertiary/aromatic N) is 2. The van der Waals surface area contributed by atoms with Gasteiger partial charge in [-0.2, -0.15) is 5.10 Å². The van der Waals surface area contributed by atoms with Gasteiger partial charge in [0.2, 0.25) is 0 Å². The molecule has 24 heavy (non-hydrogen) atoms. The summed E-state index contributed by atoms with van der Waals surface area (Å²) in [5.41, 5.74) is -0.769. The number of benzene rings is 1. The molecule has 0 saturated carbocycles. The number of amides is 1. The molecule has 0 bridgehead atoms. The number of rotatable bonds is 5. The number of anilines is 1. The second-order valence-corrected chi connectivity index (χ2v) is 6.28. The summed E-state index contributed by atoms with van der Waals surface area (Å²) in [5, 5.41) is 4.85. The minimum absolute atomic E-state index is 0.000364. The summed E-state index contributed by atoms with van der Waals surface area (Å²) in [4.78, 5) is 29.2. The quantitative estimate of drug-likeness (QED) is 0.663. The highest BCUT2D eigenvalue weighted by molar-refractivity contribution is 7.46. The molecule has 0 spiro atoms. The first kappa shape index (κ1) is 18.8. The molecule has 0 aliphatic carbocycles. The first-order valence-corrected chi connectivity index (χ1v) is 8.25. The Morgan fingerprint density at radius 3 is 2.62 bits per heavy atom. The number of nitrogens with one attached hydrogen (secondary N) is 1. The first-order chi connectivity index (χ1) is 11.1. The number of carbonyl (C=O) groups excluding carboxylic acids is 1. The number of phosphoric ester groups is 1. The van der Waals surface area contributed by atoms with Crippen LogP contribution in [0.1, 0.15) is 10.5 Å². The van der Waals surface area contributed by atoms with Gasteiger partial charge in [0.1, 0.15) is 5.82 Å². The first-order valence-electron chi connectivity index (χ1n) is 5.97. The van der Waals surface area contributed by atoms with Crippen LogP contribution in [0.4, 0.5) is 14.5 Å². The van der Waals surface area contributed by atoms with Crippen LogP contribution in [0.3, 0.4) is 0 Å². The third kappa shape index (κ3) is 4.50. The van der Waals surface area contributed by atoms with Crippen molar-refractivity contribution in [2.45, 2.75) is 6.73 Å². The Bertz CT molecular complexity index is 841. The molecule has 130 valence electrons. The van der Waals surface area contributed by atoms with E-state index < -0.39 is 42.9 Å². The molecule has 0 unspecified atom stereocenters. The number of halogens is 4. The van der Waals surface area contributed by atoms with Crippen LogP contribution in [0.2, 0.25) is 10.2 Å². The van der Waals surface area contributed by atoms with Gasteiger partial charge in [-0.1, -0.05) is 23.2 Å². The van der Waals surface area contributed by atoms with Gasteiger partial charge in [0.05, 0.1) is 10.7 Å². The van der Waals surface area contributed by atoms with E-state index >= 15 is 0 Å². The molecule has 0 radical (unpaired) electrons. The lowest BCUT2D eigenvalue weighted by molar-refractivity contribution is 0.101. The molecular weight excluding hydrogens is 394 g/mol. The van der Waals surface area contributed by atoms with Crippen LogP contribution < -0.4 is 5.32 Å². The van der Waals surface area contributed by atoms with E-state index in [1.807, 2.05) is 0 Å². The highest BCUT2D eigenvalue weighted by Gasteiger charge is 2.24. The average Bonchev–Trinajstić information content (AvgIpc) is 2.75. The molecule has 2 rings (SSSR count). The number of phosphoric acid groups is 1. The van der Waals surface area contributed by atoms with E-state index in [1.165, 1.54) is 0 Å². The third-order valence-corrected chi connectivity index (χ3v) is 3.70. The lowest BCUT2D eigenvalue weighted by atomic mass is 10.3. The zero-order chi connectivity index (χ0) is 18.1. The standard InChI is InChI=1S/C11H8Cl2F2N3O5P/c12-6-3-5(14)1-2-7(6)16-11(19)9-8(15)10(13)18(17-9)4-23-24(20,21)22/h1-3H,4H2,(H,16,19)(H2,20,21,22). The van der Waals surface area contributed by atoms with E-state index in [9.17, 15) is 18.1 Å². The Morgan fingerprint density at radius 1 is 1.38 bits per heavy atom. The predicted octanol–water partition coefficient (Wildman–Crippen LogP) is 2.79. The minimum atomic E-state index is -4.84. The van der Waals surface area contributed by atoms with Gasteiger partial charge in [-0.3, -0.25) is 9.32 Å². The van der Waals surface area contributed by atoms with Crippen molar-refractivity contribution in [3.63, 3.8) is 0 Å². The van der Waals surface area contributed by atoms with Gasteiger partial charge < -0.3 is 15.1 Å². The van der Waals surface area contributed by atoms with Gasteiger partial charge in [0, 0.05) is 0 Å². The van der Waals surface area contributed by atoms with Crippen molar-refractivity contribution in [1.29, 1.82) is 0 Å². The fraction of sp³-hybridized carbons (Fsp3) is 0.0909. The van der Waals surface area contributed by atoms with Crippen LogP contribution in [-0.4, -0.2) is 25.5 Å². The van der Waals surface area contributed by atoms with Gasteiger partial charge >= 0.3 is 7.82 Å². The van der Waals surface area contributed by atoms with Gasteiger partial charge in [-0.25, -0.2) is 18.0 Å². The van der Waals surface area contributed by atoms with Gasteiger partial charge in [0.25, 0.3) is 5.91 Å². The molecule has 1 aromatic heterocycles. The molecule has 1 heterocycles. The largest absolute Gasteiger partial charge is 0.471 e. The van der Waals surface area contributed by atoms with E-state index in [1.54, 1.807) is 0 Å². The Labute approximate surface area is 143 Å². The van der Waals surface area contributed by atoms with Crippen LogP contribution in [0.15, 0.2) is 18.2 Å². The second kappa shape index (κ2) is 7.14. The van der Waals surface area contributed by atoms with Crippen molar-refractivity contribution < 1.29 is 32.5 Å². The van der Waals surface area contributed by atoms with E-state index in [2.05, 4.69) is 14.9 Å². The molecular formula is C11H8Cl2F2N3O5P. The summed E-state index contributed by atoms with van der Waals surface area (Å²) < 4.78 is 42.2. The summed E-state index contributed by atoms with van der Waals surface area (Å²) in [6, 6.07) is 3.12. The lowest BCUT2D eigenvalue weighted by Crippen LogP contribution is -2.15. The predicted molar refractivity (Wildman–Crippen MR) is 79.7 cm³/mol. The Morgan fingerprint density at radius 2 is 2.04 bits per heavy atom. The van der Waals surface area contributed by atoms with Crippen molar-refractivity contribution in [1.82, 2.24) is 9.78 Å². The number of carbonyl (C=O) groups is 1. The van der Waals surface area contributed by atoms with Crippen LogP contribution in [0.5, 0.6) is 0 Å². The van der Waals surface area contributed by atoms with Crippen molar-refractivity contribution in [3.8, 4) is 0 Å². The van der Waals surface area contributed by atoms with E-state index in [0.717, 1.165) is 18.2 Å². The SMILES string of the molecule is O=C(Nc1ccc(F)cc1Cl)c1nn(COP(=O)(O)O)c(Cl)c1F. The topological polar surface area (TPSA) is 114 Å². The summed E-state index contributed by atoms with van der Waals surface area (Å²) in [6.45, 7) is -0.884. The monoisotopic (exact) mass is 401 g/mol. The third-order valence-electron chi connectivity index (χ3n) is 2.58. The number of hydrogen-bond acceptors (Lipinski definition) is 4. The molecule has 3 N–H and O–H groups in total. The molecule has 0 aliphatic heterocycles. The normalized spacial score (nSPS) is 11.6. The number of hydrogen-bond donors (Lipinski definition) is 3. The molecule has 1 aromatic carbocycles. The van der Waals surface area contributed by atoms with E-state index in [0.29, 0.717) is 4.68 Å². The molecule has 2 aromatic rings. The van der Waals surface area contributed by atoms with Crippen LogP contribution >= 0.6 is 31.0 Å². The minimum Gasteiger partial charge on any atom is -0.319 e. The zero-order valence-electron chi connectivity index (χ0n) is 11.4. The highest BCUT2D eigenvalue weighted by atomic mass is 35.5. The van der Waals surface area contributed by atoms with Crippen molar-refractivity contribution in [2.75, 3.05) is 5.32 Å². The highest BCUT2D eigenvalue weighted by Crippen LogP contribution is 2.36. The van der Waals surface area contributed by atoms with Crippen molar-refractivity contribution in [3.05, 3.63) is 45.7 Å². The van der Waals surface area contributed by atoms with Crippen molar-refractivity contribution in [2.24, 2.45) is 0 Å². The van der Waals surface area contributed by atoms with Gasteiger partial charge in [-0.05, 0) is 18.2 Å². The fourth-order valence-electron chi connectivity index (χ4n) is 1.55. The van der Waals surface area contributed by atoms with E-state index in [-0.39, 0.29) is 10.7 Å². The molecule has 8 nitrogen and oxygen atoms in total. The van der Waals surface area contributed by atoms with Gasteiger partial charge in [-0.15, -0.1) is 0 Å². The summed E-state index contributed by atoms with van der Waals surface area (Å²) >= 11 is 11.3. The maximum absolute atomic E-state index is 13.9. The summed E-state index contributed by atoms with van der Waals surface area (Å²) in [6.07, 6.45) is 0. The summed E-state index contributed by atoms with van der Waals surface area (Å²) in [5.74, 6) is -2.93. The molecule has 1 amide bonds. The molecule has 0 aliphatic rings. The average molecular weight is 402 g/mol. The summed E-state index contributed by atoms with van der Waals surface area (Å²) in [7, 11) is -4.84. The number of aromatic nitrogens is 2. The fourth-order valence-corrected chi connectivity index (χ4v) is 2.20. The second-order valence-electron chi connectivity index (χ2n) is 4.28. The maximum Gasteiger partial charge on any atom is 0.471 e. The molecule has 0 saturated heterocycles. The molecule has 0 fully saturated rings. The Balaban J connectivity index is 2.22. The smallest absolute Gasteiger partial charge is 0.319 e. The van der Waals surface area contributed by atoms with E-state index in [4.69, 9.17) is 33.0 Å². The zero-order valence-corrected chi connectivity index (χ0v) is 13.8. The maximum atomic E-state index is 13.9. The van der Waals surface area contributed by atoms with Crippen molar-refractivity contribution >= 4 is 42.6 Å².